The van der Waals surface area contributed by atoms with Crippen molar-refractivity contribution in [2.45, 2.75) is 37.4 Å². The molecule has 0 spiro atoms. The monoisotopic (exact) mass is 248 g/mol. The Morgan fingerprint density at radius 2 is 1.67 bits per heavy atom. The van der Waals surface area contributed by atoms with Crippen LogP contribution in [0, 0.1) is 0 Å². The molecule has 0 rings (SSSR count). The largest absolute Gasteiger partial charge is 0.403 e. The Balaban J connectivity index is 3.80. The molecule has 0 saturated carbocycles. The van der Waals surface area contributed by atoms with Gasteiger partial charge in [-0.1, -0.05) is 15.9 Å². The van der Waals surface area contributed by atoms with E-state index in [4.69, 9.17) is 4.74 Å². The Morgan fingerprint density at radius 3 is 1.92 bits per heavy atom. The number of halogens is 4. The van der Waals surface area contributed by atoms with Gasteiger partial charge in [0.1, 0.15) is 4.83 Å². The predicted molar refractivity (Wildman–Crippen MR) is 44.5 cm³/mol. The second-order valence-corrected chi connectivity index (χ2v) is 4.54. The molecule has 0 aliphatic carbocycles. The molecule has 0 N–H and O–H groups in total. The zero-order valence-electron chi connectivity index (χ0n) is 7.20. The predicted octanol–water partition coefficient (Wildman–Crippen LogP) is 3.13. The average Bonchev–Trinajstić information content (AvgIpc) is 1.78. The van der Waals surface area contributed by atoms with Crippen LogP contribution in [-0.2, 0) is 4.74 Å². The van der Waals surface area contributed by atoms with Crippen LogP contribution in [0.2, 0.25) is 0 Å². The summed E-state index contributed by atoms with van der Waals surface area (Å²) in [6.07, 6.45) is -4.23. The van der Waals surface area contributed by atoms with Gasteiger partial charge in [-0.25, -0.2) is 0 Å². The minimum Gasteiger partial charge on any atom is -0.374 e. The average molecular weight is 249 g/mol. The van der Waals surface area contributed by atoms with Crippen molar-refractivity contribution in [3.63, 3.8) is 0 Å². The third-order valence-corrected chi connectivity index (χ3v) is 1.80. The quantitative estimate of drug-likeness (QED) is 0.683. The van der Waals surface area contributed by atoms with Gasteiger partial charge in [-0.3, -0.25) is 0 Å². The van der Waals surface area contributed by atoms with Gasteiger partial charge in [-0.2, -0.15) is 13.2 Å². The van der Waals surface area contributed by atoms with Crippen molar-refractivity contribution in [1.29, 1.82) is 0 Å². The summed E-state index contributed by atoms with van der Waals surface area (Å²) >= 11 is 2.50. The number of rotatable bonds is 2. The van der Waals surface area contributed by atoms with E-state index in [0.717, 1.165) is 0 Å². The van der Waals surface area contributed by atoms with Gasteiger partial charge >= 0.3 is 6.18 Å². The molecule has 74 valence electrons. The number of alkyl halides is 4. The van der Waals surface area contributed by atoms with Gasteiger partial charge in [0, 0.05) is 0 Å². The van der Waals surface area contributed by atoms with E-state index in [9.17, 15) is 13.2 Å². The lowest BCUT2D eigenvalue weighted by atomic mass is 10.2. The molecule has 0 amide bonds. The molecule has 0 heterocycles. The van der Waals surface area contributed by atoms with Crippen molar-refractivity contribution in [3.8, 4) is 0 Å². The molecule has 1 nitrogen and oxygen atoms in total. The SMILES string of the molecule is CC(C)(C)OCC(Br)C(F)(F)F. The fourth-order valence-corrected chi connectivity index (χ4v) is 0.550. The van der Waals surface area contributed by atoms with Crippen molar-refractivity contribution < 1.29 is 17.9 Å². The van der Waals surface area contributed by atoms with Gasteiger partial charge < -0.3 is 4.74 Å². The van der Waals surface area contributed by atoms with Gasteiger partial charge in [-0.05, 0) is 20.8 Å². The third-order valence-electron chi connectivity index (χ3n) is 1.02. The van der Waals surface area contributed by atoms with Crippen molar-refractivity contribution in [2.24, 2.45) is 0 Å². The van der Waals surface area contributed by atoms with E-state index in [2.05, 4.69) is 15.9 Å². The first-order valence-electron chi connectivity index (χ1n) is 3.47. The molecule has 0 aliphatic rings. The van der Waals surface area contributed by atoms with Crippen LogP contribution in [0.15, 0.2) is 0 Å². The van der Waals surface area contributed by atoms with E-state index in [1.807, 2.05) is 0 Å². The van der Waals surface area contributed by atoms with Crippen LogP contribution >= 0.6 is 15.9 Å². The van der Waals surface area contributed by atoms with Crippen molar-refractivity contribution in [3.05, 3.63) is 0 Å². The number of hydrogen-bond donors (Lipinski definition) is 0. The molecule has 5 heteroatoms. The molecule has 1 atom stereocenters. The Hall–Kier alpha value is 0.230. The maximum atomic E-state index is 11.9. The smallest absolute Gasteiger partial charge is 0.374 e. The van der Waals surface area contributed by atoms with Crippen LogP contribution in [0.25, 0.3) is 0 Å². The molecule has 0 bridgehead atoms. The molecule has 0 aliphatic heterocycles. The lowest BCUT2D eigenvalue weighted by Crippen LogP contribution is -2.32. The summed E-state index contributed by atoms with van der Waals surface area (Å²) in [6.45, 7) is 4.78. The Bertz CT molecular complexity index is 139. The summed E-state index contributed by atoms with van der Waals surface area (Å²) in [5.74, 6) is 0. The van der Waals surface area contributed by atoms with Gasteiger partial charge in [0.15, 0.2) is 0 Å². The van der Waals surface area contributed by atoms with Crippen molar-refractivity contribution >= 4 is 15.9 Å². The van der Waals surface area contributed by atoms with Crippen LogP contribution in [-0.4, -0.2) is 23.2 Å². The Labute approximate surface area is 78.4 Å². The molecule has 0 aromatic rings. The van der Waals surface area contributed by atoms with Crippen LogP contribution < -0.4 is 0 Å². The molecular formula is C7H12BrF3O. The summed E-state index contributed by atoms with van der Waals surface area (Å²) in [5.41, 5.74) is -0.530. The maximum absolute atomic E-state index is 11.9. The molecule has 12 heavy (non-hydrogen) atoms. The fourth-order valence-electron chi connectivity index (χ4n) is 0.418. The Kier molecular flexibility index (Phi) is 4.03. The summed E-state index contributed by atoms with van der Waals surface area (Å²) in [4.78, 5) is -1.58. The second-order valence-electron chi connectivity index (χ2n) is 3.43. The first-order valence-corrected chi connectivity index (χ1v) is 4.39. The number of ether oxygens (including phenoxy) is 1. The van der Waals surface area contributed by atoms with Gasteiger partial charge in [0.2, 0.25) is 0 Å². The maximum Gasteiger partial charge on any atom is 0.403 e. The molecule has 0 saturated heterocycles. The van der Waals surface area contributed by atoms with Crippen molar-refractivity contribution in [2.75, 3.05) is 6.61 Å². The normalized spacial score (nSPS) is 16.2. The summed E-state index contributed by atoms with van der Waals surface area (Å²) in [5, 5.41) is 0. The molecule has 0 aromatic heterocycles. The van der Waals surface area contributed by atoms with Crippen LogP contribution in [0.4, 0.5) is 13.2 Å². The first-order chi connectivity index (χ1) is 5.13. The van der Waals surface area contributed by atoms with Crippen LogP contribution in [0.5, 0.6) is 0 Å². The minimum atomic E-state index is -4.23. The number of hydrogen-bond acceptors (Lipinski definition) is 1. The van der Waals surface area contributed by atoms with Crippen molar-refractivity contribution in [1.82, 2.24) is 0 Å². The van der Waals surface area contributed by atoms with E-state index in [1.54, 1.807) is 20.8 Å². The van der Waals surface area contributed by atoms with Crippen LogP contribution in [0.3, 0.4) is 0 Å². The van der Waals surface area contributed by atoms with Gasteiger partial charge in [-0.15, -0.1) is 0 Å². The molecule has 0 aromatic carbocycles. The first kappa shape index (κ1) is 12.2. The highest BCUT2D eigenvalue weighted by Crippen LogP contribution is 2.27. The van der Waals surface area contributed by atoms with E-state index in [0.29, 0.717) is 0 Å². The molecular weight excluding hydrogens is 237 g/mol. The van der Waals surface area contributed by atoms with E-state index in [-0.39, 0.29) is 6.61 Å². The Morgan fingerprint density at radius 1 is 1.25 bits per heavy atom. The second kappa shape index (κ2) is 3.96. The third kappa shape index (κ3) is 5.83. The summed E-state index contributed by atoms with van der Waals surface area (Å²) in [7, 11) is 0. The highest BCUT2D eigenvalue weighted by atomic mass is 79.9. The highest BCUT2D eigenvalue weighted by molar-refractivity contribution is 9.09. The lowest BCUT2D eigenvalue weighted by molar-refractivity contribution is -0.145. The fraction of sp³-hybridized carbons (Fsp3) is 1.00. The molecule has 1 unspecified atom stereocenters. The standard InChI is InChI=1S/C7H12BrF3O/c1-6(2,3)12-4-5(8)7(9,10)11/h5H,4H2,1-3H3. The lowest BCUT2D eigenvalue weighted by Gasteiger charge is -2.22. The van der Waals surface area contributed by atoms with Crippen LogP contribution in [0.1, 0.15) is 20.8 Å². The van der Waals surface area contributed by atoms with Gasteiger partial charge in [0.05, 0.1) is 12.2 Å². The van der Waals surface area contributed by atoms with E-state index in [1.165, 1.54) is 0 Å². The molecule has 0 radical (unpaired) electrons. The zero-order valence-corrected chi connectivity index (χ0v) is 8.79. The minimum absolute atomic E-state index is 0.354. The van der Waals surface area contributed by atoms with E-state index >= 15 is 0 Å². The molecule has 0 fully saturated rings. The summed E-state index contributed by atoms with van der Waals surface area (Å²) < 4.78 is 40.6. The summed E-state index contributed by atoms with van der Waals surface area (Å²) in [6, 6.07) is 0. The highest BCUT2D eigenvalue weighted by Gasteiger charge is 2.38. The van der Waals surface area contributed by atoms with Gasteiger partial charge in [0.25, 0.3) is 0 Å². The van der Waals surface area contributed by atoms with E-state index < -0.39 is 16.6 Å². The topological polar surface area (TPSA) is 9.23 Å². The zero-order chi connectivity index (χ0) is 9.99.